The molecule has 0 unspecified atom stereocenters. The minimum absolute atomic E-state index is 0.139. The highest BCUT2D eigenvalue weighted by Crippen LogP contribution is 2.27. The van der Waals surface area contributed by atoms with E-state index in [1.807, 2.05) is 32.0 Å². The van der Waals surface area contributed by atoms with Crippen LogP contribution in [0.1, 0.15) is 30.0 Å². The fraction of sp³-hybridized carbons (Fsp3) is 0.333. The van der Waals surface area contributed by atoms with Gasteiger partial charge in [-0.3, -0.25) is 0 Å². The molecular weight excluding hydrogens is 249 g/mol. The lowest BCUT2D eigenvalue weighted by Gasteiger charge is -2.10. The maximum Gasteiger partial charge on any atom is 0.131 e. The van der Waals surface area contributed by atoms with Crippen LogP contribution in [-0.4, -0.2) is 6.54 Å². The highest BCUT2D eigenvalue weighted by molar-refractivity contribution is 5.68. The first-order valence-electron chi connectivity index (χ1n) is 7.18. The van der Waals surface area contributed by atoms with Crippen molar-refractivity contribution in [3.63, 3.8) is 0 Å². The van der Waals surface area contributed by atoms with E-state index in [-0.39, 0.29) is 5.82 Å². The van der Waals surface area contributed by atoms with Gasteiger partial charge in [0.15, 0.2) is 0 Å². The van der Waals surface area contributed by atoms with Gasteiger partial charge in [-0.1, -0.05) is 37.3 Å². The molecule has 2 aromatic rings. The van der Waals surface area contributed by atoms with Crippen LogP contribution in [0.25, 0.3) is 11.1 Å². The summed E-state index contributed by atoms with van der Waals surface area (Å²) in [5, 5.41) is 3.37. The number of rotatable bonds is 5. The van der Waals surface area contributed by atoms with Gasteiger partial charge < -0.3 is 5.32 Å². The molecule has 0 aliphatic carbocycles. The maximum atomic E-state index is 14.1. The Kier molecular flexibility index (Phi) is 4.91. The molecule has 0 saturated heterocycles. The molecule has 0 aromatic heterocycles. The molecular formula is C18H22FN. The Morgan fingerprint density at radius 3 is 2.35 bits per heavy atom. The molecule has 0 radical (unpaired) electrons. The maximum absolute atomic E-state index is 14.1. The molecule has 0 fully saturated rings. The monoisotopic (exact) mass is 271 g/mol. The molecule has 0 heterocycles. The van der Waals surface area contributed by atoms with Crippen molar-refractivity contribution in [3.05, 3.63) is 58.9 Å². The van der Waals surface area contributed by atoms with Crippen LogP contribution < -0.4 is 5.32 Å². The number of aryl methyl sites for hydroxylation is 2. The van der Waals surface area contributed by atoms with Gasteiger partial charge in [-0.05, 0) is 55.1 Å². The Bertz CT molecular complexity index is 549. The molecule has 0 aliphatic rings. The third kappa shape index (κ3) is 3.45. The number of halogens is 1. The predicted molar refractivity (Wildman–Crippen MR) is 83.3 cm³/mol. The molecule has 2 rings (SSSR count). The number of benzene rings is 2. The number of hydrogen-bond acceptors (Lipinski definition) is 1. The van der Waals surface area contributed by atoms with Crippen molar-refractivity contribution in [3.8, 4) is 11.1 Å². The minimum atomic E-state index is -0.139. The van der Waals surface area contributed by atoms with Gasteiger partial charge >= 0.3 is 0 Å². The van der Waals surface area contributed by atoms with Crippen LogP contribution >= 0.6 is 0 Å². The second-order valence-electron chi connectivity index (χ2n) is 5.31. The average molecular weight is 271 g/mol. The first kappa shape index (κ1) is 14.7. The molecule has 0 atom stereocenters. The summed E-state index contributed by atoms with van der Waals surface area (Å²) in [6.45, 7) is 7.92. The van der Waals surface area contributed by atoms with Crippen molar-refractivity contribution in [2.75, 3.05) is 6.54 Å². The van der Waals surface area contributed by atoms with E-state index in [1.165, 1.54) is 5.56 Å². The molecule has 2 heteroatoms. The van der Waals surface area contributed by atoms with E-state index >= 15 is 0 Å². The summed E-state index contributed by atoms with van der Waals surface area (Å²) in [6.07, 6.45) is 1.13. The third-order valence-electron chi connectivity index (χ3n) is 3.43. The minimum Gasteiger partial charge on any atom is -0.313 e. The first-order chi connectivity index (χ1) is 9.61. The quantitative estimate of drug-likeness (QED) is 0.783. The van der Waals surface area contributed by atoms with Gasteiger partial charge in [0.1, 0.15) is 5.82 Å². The SMILES string of the molecule is CCCNCc1ccc(-c2c(C)cc(C)cc2F)cc1. The predicted octanol–water partition coefficient (Wildman–Crippen LogP) is 4.61. The smallest absolute Gasteiger partial charge is 0.131 e. The Balaban J connectivity index is 2.22. The summed E-state index contributed by atoms with van der Waals surface area (Å²) in [4.78, 5) is 0. The largest absolute Gasteiger partial charge is 0.313 e. The van der Waals surface area contributed by atoms with Gasteiger partial charge in [-0.25, -0.2) is 4.39 Å². The Labute approximate surface area is 120 Å². The van der Waals surface area contributed by atoms with Crippen LogP contribution in [0, 0.1) is 19.7 Å². The van der Waals surface area contributed by atoms with Crippen LogP contribution in [0.4, 0.5) is 4.39 Å². The molecule has 0 saturated carbocycles. The van der Waals surface area contributed by atoms with E-state index in [1.54, 1.807) is 6.07 Å². The first-order valence-corrected chi connectivity index (χ1v) is 7.18. The highest BCUT2D eigenvalue weighted by Gasteiger charge is 2.09. The van der Waals surface area contributed by atoms with Gasteiger partial charge in [-0.2, -0.15) is 0 Å². The molecule has 2 aromatic carbocycles. The second kappa shape index (κ2) is 6.67. The fourth-order valence-corrected chi connectivity index (χ4v) is 2.48. The second-order valence-corrected chi connectivity index (χ2v) is 5.31. The summed E-state index contributed by atoms with van der Waals surface area (Å²) in [6, 6.07) is 11.8. The van der Waals surface area contributed by atoms with E-state index in [2.05, 4.69) is 24.4 Å². The van der Waals surface area contributed by atoms with Crippen molar-refractivity contribution in [1.29, 1.82) is 0 Å². The molecule has 1 N–H and O–H groups in total. The van der Waals surface area contributed by atoms with Crippen LogP contribution in [-0.2, 0) is 6.54 Å². The van der Waals surface area contributed by atoms with E-state index in [0.29, 0.717) is 5.56 Å². The van der Waals surface area contributed by atoms with Gasteiger partial charge in [0.05, 0.1) is 0 Å². The molecule has 0 amide bonds. The highest BCUT2D eigenvalue weighted by atomic mass is 19.1. The zero-order valence-corrected chi connectivity index (χ0v) is 12.5. The van der Waals surface area contributed by atoms with Crippen LogP contribution in [0.5, 0.6) is 0 Å². The summed E-state index contributed by atoms with van der Waals surface area (Å²) in [5.74, 6) is -0.139. The van der Waals surface area contributed by atoms with Crippen molar-refractivity contribution in [1.82, 2.24) is 5.32 Å². The van der Waals surface area contributed by atoms with Crippen molar-refractivity contribution < 1.29 is 4.39 Å². The summed E-state index contributed by atoms with van der Waals surface area (Å²) in [7, 11) is 0. The lowest BCUT2D eigenvalue weighted by atomic mass is 9.97. The van der Waals surface area contributed by atoms with E-state index < -0.39 is 0 Å². The number of hydrogen-bond donors (Lipinski definition) is 1. The third-order valence-corrected chi connectivity index (χ3v) is 3.43. The zero-order chi connectivity index (χ0) is 14.5. The Morgan fingerprint density at radius 2 is 1.75 bits per heavy atom. The Hall–Kier alpha value is -1.67. The lowest BCUT2D eigenvalue weighted by molar-refractivity contribution is 0.629. The standard InChI is InChI=1S/C18H22FN/c1-4-9-20-12-15-5-7-16(8-6-15)18-14(3)10-13(2)11-17(18)19/h5-8,10-11,20H,4,9,12H2,1-3H3. The van der Waals surface area contributed by atoms with Crippen molar-refractivity contribution in [2.24, 2.45) is 0 Å². The molecule has 20 heavy (non-hydrogen) atoms. The molecule has 1 nitrogen and oxygen atoms in total. The van der Waals surface area contributed by atoms with Gasteiger partial charge in [0.25, 0.3) is 0 Å². The molecule has 106 valence electrons. The van der Waals surface area contributed by atoms with Crippen LogP contribution in [0.3, 0.4) is 0 Å². The molecule has 0 aliphatic heterocycles. The average Bonchev–Trinajstić information content (AvgIpc) is 2.39. The lowest BCUT2D eigenvalue weighted by Crippen LogP contribution is -2.13. The van der Waals surface area contributed by atoms with Gasteiger partial charge in [-0.15, -0.1) is 0 Å². The van der Waals surface area contributed by atoms with Crippen molar-refractivity contribution in [2.45, 2.75) is 33.7 Å². The summed E-state index contributed by atoms with van der Waals surface area (Å²) in [5.41, 5.74) is 4.83. The van der Waals surface area contributed by atoms with E-state index in [9.17, 15) is 4.39 Å². The van der Waals surface area contributed by atoms with Gasteiger partial charge in [0, 0.05) is 12.1 Å². The van der Waals surface area contributed by atoms with Crippen LogP contribution in [0.15, 0.2) is 36.4 Å². The zero-order valence-electron chi connectivity index (χ0n) is 12.5. The fourth-order valence-electron chi connectivity index (χ4n) is 2.48. The normalized spacial score (nSPS) is 10.8. The topological polar surface area (TPSA) is 12.0 Å². The van der Waals surface area contributed by atoms with Crippen molar-refractivity contribution >= 4 is 0 Å². The van der Waals surface area contributed by atoms with Crippen LogP contribution in [0.2, 0.25) is 0 Å². The van der Waals surface area contributed by atoms with E-state index in [0.717, 1.165) is 36.2 Å². The van der Waals surface area contributed by atoms with Gasteiger partial charge in [0.2, 0.25) is 0 Å². The molecule has 0 bridgehead atoms. The van der Waals surface area contributed by atoms with E-state index in [4.69, 9.17) is 0 Å². The Morgan fingerprint density at radius 1 is 1.05 bits per heavy atom. The summed E-state index contributed by atoms with van der Waals surface area (Å²) >= 11 is 0. The summed E-state index contributed by atoms with van der Waals surface area (Å²) < 4.78 is 14.1. The molecule has 0 spiro atoms. The number of nitrogens with one attached hydrogen (secondary N) is 1.